The van der Waals surface area contributed by atoms with Crippen LogP contribution < -0.4 is 4.90 Å². The van der Waals surface area contributed by atoms with Crippen molar-refractivity contribution >= 4 is 35.1 Å². The number of imidazole rings is 1. The van der Waals surface area contributed by atoms with Crippen molar-refractivity contribution in [1.82, 2.24) is 9.55 Å². The smallest absolute Gasteiger partial charge is 0.308 e. The van der Waals surface area contributed by atoms with Crippen molar-refractivity contribution in [3.05, 3.63) is 48.5 Å². The lowest BCUT2D eigenvalue weighted by atomic mass is 9.97. The molecule has 1 aliphatic rings. The van der Waals surface area contributed by atoms with Crippen LogP contribution in [0, 0.1) is 5.92 Å². The SMILES string of the molecule is Cl.Cn1c(-c2cccc(N3CCC[C@H](C(=O)O)C3)c2)nc2ccccc21. The molecule has 0 aliphatic carbocycles. The number of halogens is 1. The molecule has 0 saturated carbocycles. The molecule has 3 aromatic rings. The Kier molecular flexibility index (Phi) is 5.18. The van der Waals surface area contributed by atoms with Crippen molar-refractivity contribution in [3.8, 4) is 11.4 Å². The number of nitrogens with zero attached hydrogens (tertiary/aromatic N) is 3. The van der Waals surface area contributed by atoms with Crippen LogP contribution in [0.4, 0.5) is 5.69 Å². The Hall–Kier alpha value is -2.53. The molecule has 2 aromatic carbocycles. The first-order valence-electron chi connectivity index (χ1n) is 8.63. The zero-order valence-corrected chi connectivity index (χ0v) is 15.4. The molecule has 0 amide bonds. The van der Waals surface area contributed by atoms with Gasteiger partial charge in [-0.15, -0.1) is 12.4 Å². The van der Waals surface area contributed by atoms with Gasteiger partial charge in [0, 0.05) is 31.4 Å². The molecule has 0 bridgehead atoms. The highest BCUT2D eigenvalue weighted by molar-refractivity contribution is 5.85. The van der Waals surface area contributed by atoms with Gasteiger partial charge >= 0.3 is 5.97 Å². The third-order valence-corrected chi connectivity index (χ3v) is 5.03. The third kappa shape index (κ3) is 3.27. The summed E-state index contributed by atoms with van der Waals surface area (Å²) in [6.07, 6.45) is 1.67. The molecule has 1 N–H and O–H groups in total. The van der Waals surface area contributed by atoms with E-state index in [4.69, 9.17) is 4.98 Å². The molecule has 5 nitrogen and oxygen atoms in total. The fraction of sp³-hybridized carbons (Fsp3) is 0.300. The average molecular weight is 372 g/mol. The highest BCUT2D eigenvalue weighted by atomic mass is 35.5. The summed E-state index contributed by atoms with van der Waals surface area (Å²) in [5.74, 6) is -0.0563. The van der Waals surface area contributed by atoms with E-state index < -0.39 is 5.97 Å². The standard InChI is InChI=1S/C20H21N3O2.ClH/c1-22-18-10-3-2-9-17(18)21-19(22)14-6-4-8-16(12-14)23-11-5-7-15(13-23)20(24)25;/h2-4,6,8-10,12,15H,5,7,11,13H2,1H3,(H,24,25);1H/t15-;/m0./s1. The molecule has 0 radical (unpaired) electrons. The number of benzene rings is 2. The first-order chi connectivity index (χ1) is 12.1. The van der Waals surface area contributed by atoms with E-state index in [0.717, 1.165) is 47.5 Å². The summed E-state index contributed by atoms with van der Waals surface area (Å²) >= 11 is 0. The van der Waals surface area contributed by atoms with Crippen molar-refractivity contribution in [2.24, 2.45) is 13.0 Å². The minimum absolute atomic E-state index is 0. The van der Waals surface area contributed by atoms with Gasteiger partial charge in [-0.25, -0.2) is 4.98 Å². The summed E-state index contributed by atoms with van der Waals surface area (Å²) in [6, 6.07) is 16.3. The Morgan fingerprint density at radius 1 is 1.19 bits per heavy atom. The van der Waals surface area contributed by atoms with Crippen LogP contribution in [-0.4, -0.2) is 33.7 Å². The van der Waals surface area contributed by atoms with Gasteiger partial charge in [0.25, 0.3) is 0 Å². The highest BCUT2D eigenvalue weighted by Gasteiger charge is 2.25. The van der Waals surface area contributed by atoms with E-state index in [1.165, 1.54) is 0 Å². The van der Waals surface area contributed by atoms with Crippen LogP contribution in [0.3, 0.4) is 0 Å². The molecule has 1 saturated heterocycles. The predicted octanol–water partition coefficient (Wildman–Crippen LogP) is 3.96. The molecule has 6 heteroatoms. The Balaban J connectivity index is 0.00000196. The minimum atomic E-state index is -0.698. The molecule has 1 aliphatic heterocycles. The number of rotatable bonds is 3. The third-order valence-electron chi connectivity index (χ3n) is 5.03. The van der Waals surface area contributed by atoms with Gasteiger partial charge in [0.05, 0.1) is 17.0 Å². The van der Waals surface area contributed by atoms with E-state index in [1.54, 1.807) is 0 Å². The topological polar surface area (TPSA) is 58.4 Å². The van der Waals surface area contributed by atoms with E-state index in [0.29, 0.717) is 6.54 Å². The number of hydrogen-bond donors (Lipinski definition) is 1. The monoisotopic (exact) mass is 371 g/mol. The molecule has 0 unspecified atom stereocenters. The molecule has 136 valence electrons. The lowest BCUT2D eigenvalue weighted by Crippen LogP contribution is -2.38. The number of anilines is 1. The van der Waals surface area contributed by atoms with Gasteiger partial charge in [-0.2, -0.15) is 0 Å². The van der Waals surface area contributed by atoms with Crippen molar-refractivity contribution in [2.45, 2.75) is 12.8 Å². The fourth-order valence-corrected chi connectivity index (χ4v) is 3.66. The molecule has 1 fully saturated rings. The molecular weight excluding hydrogens is 350 g/mol. The second-order valence-corrected chi connectivity index (χ2v) is 6.66. The maximum Gasteiger partial charge on any atom is 0.308 e. The van der Waals surface area contributed by atoms with Gasteiger partial charge in [-0.05, 0) is 37.1 Å². The van der Waals surface area contributed by atoms with Crippen LogP contribution in [-0.2, 0) is 11.8 Å². The molecule has 26 heavy (non-hydrogen) atoms. The van der Waals surface area contributed by atoms with Crippen LogP contribution in [0.2, 0.25) is 0 Å². The van der Waals surface area contributed by atoms with E-state index >= 15 is 0 Å². The van der Waals surface area contributed by atoms with Gasteiger partial charge in [-0.1, -0.05) is 24.3 Å². The fourth-order valence-electron chi connectivity index (χ4n) is 3.66. The maximum absolute atomic E-state index is 11.3. The minimum Gasteiger partial charge on any atom is -0.481 e. The summed E-state index contributed by atoms with van der Waals surface area (Å²) in [4.78, 5) is 18.3. The van der Waals surface area contributed by atoms with Gasteiger partial charge in [0.15, 0.2) is 0 Å². The van der Waals surface area contributed by atoms with Crippen LogP contribution in [0.25, 0.3) is 22.4 Å². The molecule has 1 aromatic heterocycles. The summed E-state index contributed by atoms with van der Waals surface area (Å²) in [6.45, 7) is 1.47. The molecule has 4 rings (SSSR count). The first-order valence-corrected chi connectivity index (χ1v) is 8.63. The second kappa shape index (κ2) is 7.38. The van der Waals surface area contributed by atoms with E-state index in [1.807, 2.05) is 31.3 Å². The number of carboxylic acids is 1. The number of aliphatic carboxylic acids is 1. The van der Waals surface area contributed by atoms with Crippen LogP contribution >= 0.6 is 12.4 Å². The van der Waals surface area contributed by atoms with Gasteiger partial charge < -0.3 is 14.6 Å². The molecular formula is C20H22ClN3O2. The van der Waals surface area contributed by atoms with Crippen molar-refractivity contribution in [3.63, 3.8) is 0 Å². The number of hydrogen-bond acceptors (Lipinski definition) is 3. The second-order valence-electron chi connectivity index (χ2n) is 6.66. The first kappa shape index (κ1) is 18.3. The van der Waals surface area contributed by atoms with E-state index in [9.17, 15) is 9.90 Å². The maximum atomic E-state index is 11.3. The number of carboxylic acid groups (broad SMARTS) is 1. The van der Waals surface area contributed by atoms with Gasteiger partial charge in [0.1, 0.15) is 5.82 Å². The largest absolute Gasteiger partial charge is 0.481 e. The average Bonchev–Trinajstić information content (AvgIpc) is 2.99. The Morgan fingerprint density at radius 2 is 2.00 bits per heavy atom. The molecule has 2 heterocycles. The summed E-state index contributed by atoms with van der Waals surface area (Å²) in [7, 11) is 2.03. The highest BCUT2D eigenvalue weighted by Crippen LogP contribution is 2.29. The number of carbonyl (C=O) groups is 1. The number of fused-ring (bicyclic) bond motifs is 1. The lowest BCUT2D eigenvalue weighted by Gasteiger charge is -2.32. The normalized spacial score (nSPS) is 17.1. The van der Waals surface area contributed by atoms with Gasteiger partial charge in [0.2, 0.25) is 0 Å². The number of para-hydroxylation sites is 2. The predicted molar refractivity (Wildman–Crippen MR) is 106 cm³/mol. The van der Waals surface area contributed by atoms with E-state index in [-0.39, 0.29) is 18.3 Å². The van der Waals surface area contributed by atoms with Crippen molar-refractivity contribution in [2.75, 3.05) is 18.0 Å². The molecule has 0 spiro atoms. The van der Waals surface area contributed by atoms with Gasteiger partial charge in [-0.3, -0.25) is 4.79 Å². The van der Waals surface area contributed by atoms with Crippen molar-refractivity contribution in [1.29, 1.82) is 0 Å². The van der Waals surface area contributed by atoms with Crippen LogP contribution in [0.5, 0.6) is 0 Å². The molecule has 1 atom stereocenters. The zero-order valence-electron chi connectivity index (χ0n) is 14.6. The Morgan fingerprint density at radius 3 is 2.77 bits per heavy atom. The number of piperidine rings is 1. The van der Waals surface area contributed by atoms with Crippen LogP contribution in [0.1, 0.15) is 12.8 Å². The number of aryl methyl sites for hydroxylation is 1. The van der Waals surface area contributed by atoms with Crippen molar-refractivity contribution < 1.29 is 9.90 Å². The summed E-state index contributed by atoms with van der Waals surface area (Å²) in [5.41, 5.74) is 4.20. The Labute approximate surface area is 158 Å². The number of aromatic nitrogens is 2. The summed E-state index contributed by atoms with van der Waals surface area (Å²) in [5, 5.41) is 9.31. The van der Waals surface area contributed by atoms with E-state index in [2.05, 4.69) is 33.7 Å². The Bertz CT molecular complexity index is 938. The quantitative estimate of drug-likeness (QED) is 0.757. The lowest BCUT2D eigenvalue weighted by molar-refractivity contribution is -0.141. The van der Waals surface area contributed by atoms with Crippen LogP contribution in [0.15, 0.2) is 48.5 Å². The summed E-state index contributed by atoms with van der Waals surface area (Å²) < 4.78 is 2.10. The zero-order chi connectivity index (χ0) is 17.4.